The number of aromatic nitrogens is 2. The first-order valence-corrected chi connectivity index (χ1v) is 10.9. The van der Waals surface area contributed by atoms with Gasteiger partial charge in [-0.3, -0.25) is 14.8 Å². The average Bonchev–Trinajstić information content (AvgIpc) is 3.16. The lowest BCUT2D eigenvalue weighted by atomic mass is 9.89. The van der Waals surface area contributed by atoms with E-state index in [1.165, 1.54) is 37.7 Å². The van der Waals surface area contributed by atoms with E-state index < -0.39 is 0 Å². The molecule has 0 atom stereocenters. The summed E-state index contributed by atoms with van der Waals surface area (Å²) in [5.74, 6) is 1.87. The van der Waals surface area contributed by atoms with Crippen molar-refractivity contribution in [3.05, 3.63) is 36.0 Å². The number of methoxy groups -OCH3 is 1. The van der Waals surface area contributed by atoms with E-state index in [4.69, 9.17) is 4.74 Å². The van der Waals surface area contributed by atoms with Gasteiger partial charge in [-0.2, -0.15) is 5.10 Å². The fourth-order valence-corrected chi connectivity index (χ4v) is 4.62. The molecule has 1 aliphatic carbocycles. The number of aromatic amines is 1. The van der Waals surface area contributed by atoms with E-state index in [0.717, 1.165) is 49.7 Å². The Labute approximate surface area is 173 Å². The number of rotatable bonds is 6. The van der Waals surface area contributed by atoms with Crippen LogP contribution in [-0.2, 0) is 11.3 Å². The second-order valence-corrected chi connectivity index (χ2v) is 8.37. The predicted octanol–water partition coefficient (Wildman–Crippen LogP) is 3.70. The Morgan fingerprint density at radius 3 is 2.66 bits per heavy atom. The summed E-state index contributed by atoms with van der Waals surface area (Å²) in [5.41, 5.74) is 3.31. The molecule has 0 bridgehead atoms. The van der Waals surface area contributed by atoms with Gasteiger partial charge in [0, 0.05) is 50.3 Å². The van der Waals surface area contributed by atoms with Crippen LogP contribution in [-0.4, -0.2) is 59.2 Å². The molecule has 1 aromatic heterocycles. The van der Waals surface area contributed by atoms with Crippen LogP contribution in [0.1, 0.15) is 44.1 Å². The molecule has 1 saturated heterocycles. The molecule has 1 aromatic carbocycles. The summed E-state index contributed by atoms with van der Waals surface area (Å²) in [4.78, 5) is 17.2. The maximum atomic E-state index is 12.7. The van der Waals surface area contributed by atoms with Gasteiger partial charge in [-0.25, -0.2) is 0 Å². The number of carbonyl (C=O) groups excluding carboxylic acids is 1. The summed E-state index contributed by atoms with van der Waals surface area (Å²) in [6, 6.07) is 8.03. The number of H-pyrrole nitrogens is 1. The third kappa shape index (κ3) is 4.99. The second-order valence-electron chi connectivity index (χ2n) is 8.37. The highest BCUT2D eigenvalue weighted by Crippen LogP contribution is 2.26. The molecular weight excluding hydrogens is 364 g/mol. The number of nitrogens with zero attached hydrogens (tertiary/aromatic N) is 3. The van der Waals surface area contributed by atoms with E-state index in [-0.39, 0.29) is 0 Å². The zero-order valence-electron chi connectivity index (χ0n) is 17.4. The minimum absolute atomic E-state index is 0.320. The predicted molar refractivity (Wildman–Crippen MR) is 114 cm³/mol. The van der Waals surface area contributed by atoms with Crippen molar-refractivity contribution in [1.29, 1.82) is 0 Å². The molecule has 0 radical (unpaired) electrons. The normalized spacial score (nSPS) is 19.3. The summed E-state index contributed by atoms with van der Waals surface area (Å²) >= 11 is 0. The Kier molecular flexibility index (Phi) is 6.49. The lowest BCUT2D eigenvalue weighted by Crippen LogP contribution is -2.37. The lowest BCUT2D eigenvalue weighted by molar-refractivity contribution is -0.131. The molecule has 1 amide bonds. The molecule has 6 nitrogen and oxygen atoms in total. The van der Waals surface area contributed by atoms with Crippen molar-refractivity contribution in [1.82, 2.24) is 20.0 Å². The van der Waals surface area contributed by atoms with Crippen molar-refractivity contribution in [2.45, 2.75) is 45.1 Å². The first-order chi connectivity index (χ1) is 14.2. The number of benzene rings is 1. The Bertz CT molecular complexity index is 795. The van der Waals surface area contributed by atoms with Gasteiger partial charge in [0.15, 0.2) is 0 Å². The van der Waals surface area contributed by atoms with Crippen LogP contribution in [0.15, 0.2) is 30.5 Å². The summed E-state index contributed by atoms with van der Waals surface area (Å²) in [6.07, 6.45) is 9.11. The third-order valence-corrected chi connectivity index (χ3v) is 6.37. The Balaban J connectivity index is 1.38. The van der Waals surface area contributed by atoms with Gasteiger partial charge < -0.3 is 9.64 Å². The Hall–Kier alpha value is -2.34. The van der Waals surface area contributed by atoms with Crippen molar-refractivity contribution >= 4 is 5.91 Å². The van der Waals surface area contributed by atoms with E-state index >= 15 is 0 Å². The quantitative estimate of drug-likeness (QED) is 0.809. The van der Waals surface area contributed by atoms with Crippen LogP contribution in [0.2, 0.25) is 0 Å². The monoisotopic (exact) mass is 396 g/mol. The molecule has 2 fully saturated rings. The van der Waals surface area contributed by atoms with Crippen LogP contribution < -0.4 is 4.74 Å². The molecule has 1 N–H and O–H groups in total. The van der Waals surface area contributed by atoms with Gasteiger partial charge in [0.05, 0.1) is 19.0 Å². The number of ether oxygens (including phenoxy) is 1. The molecule has 29 heavy (non-hydrogen) atoms. The molecule has 1 aliphatic heterocycles. The minimum atomic E-state index is 0.320. The number of hydrogen-bond donors (Lipinski definition) is 1. The SMILES string of the molecule is COc1ccc(-c2[nH]ncc2CN2CCC(=O)N(CC3CCCCC3)CC2)cc1. The zero-order chi connectivity index (χ0) is 20.1. The third-order valence-electron chi connectivity index (χ3n) is 6.37. The lowest BCUT2D eigenvalue weighted by Gasteiger charge is -2.29. The first kappa shape index (κ1) is 20.0. The van der Waals surface area contributed by atoms with Crippen LogP contribution in [0.4, 0.5) is 0 Å². The van der Waals surface area contributed by atoms with E-state index in [2.05, 4.69) is 20.0 Å². The summed E-state index contributed by atoms with van der Waals surface area (Å²) in [6.45, 7) is 4.34. The van der Waals surface area contributed by atoms with Gasteiger partial charge in [-0.05, 0) is 43.0 Å². The molecule has 156 valence electrons. The highest BCUT2D eigenvalue weighted by molar-refractivity contribution is 5.76. The first-order valence-electron chi connectivity index (χ1n) is 10.9. The molecule has 2 heterocycles. The average molecular weight is 397 g/mol. The molecule has 0 spiro atoms. The summed E-state index contributed by atoms with van der Waals surface area (Å²) in [5, 5.41) is 7.42. The van der Waals surface area contributed by atoms with Crippen LogP contribution in [0.25, 0.3) is 11.3 Å². The van der Waals surface area contributed by atoms with Gasteiger partial charge >= 0.3 is 0 Å². The highest BCUT2D eigenvalue weighted by atomic mass is 16.5. The van der Waals surface area contributed by atoms with Crippen LogP contribution in [0, 0.1) is 5.92 Å². The smallest absolute Gasteiger partial charge is 0.223 e. The van der Waals surface area contributed by atoms with Gasteiger partial charge in [-0.1, -0.05) is 19.3 Å². The Morgan fingerprint density at radius 1 is 1.10 bits per heavy atom. The summed E-state index contributed by atoms with van der Waals surface area (Å²) in [7, 11) is 1.68. The number of nitrogens with one attached hydrogen (secondary N) is 1. The van der Waals surface area contributed by atoms with Gasteiger partial charge in [-0.15, -0.1) is 0 Å². The molecule has 2 aromatic rings. The molecule has 0 unspecified atom stereocenters. The van der Waals surface area contributed by atoms with E-state index in [1.54, 1.807) is 7.11 Å². The maximum absolute atomic E-state index is 12.7. The molecule has 6 heteroatoms. The van der Waals surface area contributed by atoms with Crippen molar-refractivity contribution in [3.8, 4) is 17.0 Å². The van der Waals surface area contributed by atoms with Crippen molar-refractivity contribution in [2.24, 2.45) is 5.92 Å². The summed E-state index contributed by atoms with van der Waals surface area (Å²) < 4.78 is 5.26. The van der Waals surface area contributed by atoms with Crippen LogP contribution >= 0.6 is 0 Å². The largest absolute Gasteiger partial charge is 0.497 e. The highest BCUT2D eigenvalue weighted by Gasteiger charge is 2.25. The van der Waals surface area contributed by atoms with Crippen molar-refractivity contribution in [3.63, 3.8) is 0 Å². The van der Waals surface area contributed by atoms with Crippen molar-refractivity contribution < 1.29 is 9.53 Å². The molecule has 4 rings (SSSR count). The standard InChI is InChI=1S/C23H32N4O2/c1-29-21-9-7-19(8-10-21)23-20(15-24-25-23)17-26-12-11-22(28)27(14-13-26)16-18-5-3-2-4-6-18/h7-10,15,18H,2-6,11-14,16-17H2,1H3,(H,24,25). The zero-order valence-corrected chi connectivity index (χ0v) is 17.4. The molecule has 2 aliphatic rings. The number of amides is 1. The van der Waals surface area contributed by atoms with E-state index in [0.29, 0.717) is 18.2 Å². The maximum Gasteiger partial charge on any atom is 0.223 e. The van der Waals surface area contributed by atoms with Gasteiger partial charge in [0.2, 0.25) is 5.91 Å². The van der Waals surface area contributed by atoms with E-state index in [1.807, 2.05) is 30.5 Å². The minimum Gasteiger partial charge on any atom is -0.497 e. The van der Waals surface area contributed by atoms with Gasteiger partial charge in [0.25, 0.3) is 0 Å². The molecular formula is C23H32N4O2. The van der Waals surface area contributed by atoms with Crippen LogP contribution in [0.5, 0.6) is 5.75 Å². The Morgan fingerprint density at radius 2 is 1.90 bits per heavy atom. The van der Waals surface area contributed by atoms with Crippen molar-refractivity contribution in [2.75, 3.05) is 33.3 Å². The second kappa shape index (κ2) is 9.44. The fraction of sp³-hybridized carbons (Fsp3) is 0.565. The fourth-order valence-electron chi connectivity index (χ4n) is 4.62. The van der Waals surface area contributed by atoms with Gasteiger partial charge in [0.1, 0.15) is 5.75 Å². The molecule has 1 saturated carbocycles. The number of carbonyl (C=O) groups is 1. The van der Waals surface area contributed by atoms with E-state index in [9.17, 15) is 4.79 Å². The number of hydrogen-bond acceptors (Lipinski definition) is 4. The van der Waals surface area contributed by atoms with Crippen LogP contribution in [0.3, 0.4) is 0 Å². The topological polar surface area (TPSA) is 61.5 Å².